The van der Waals surface area contributed by atoms with Crippen LogP contribution in [0.1, 0.15) is 46.1 Å². The Morgan fingerprint density at radius 1 is 1.36 bits per heavy atom. The van der Waals surface area contributed by atoms with Gasteiger partial charge >= 0.3 is 0 Å². The molecule has 0 amide bonds. The molecular formula is C17H21NO3S. The minimum absolute atomic E-state index is 0.107. The second-order valence-electron chi connectivity index (χ2n) is 5.05. The van der Waals surface area contributed by atoms with E-state index in [2.05, 4.69) is 13.0 Å². The number of hydrogen-bond donors (Lipinski definition) is 2. The van der Waals surface area contributed by atoms with Gasteiger partial charge in [0, 0.05) is 12.6 Å². The molecule has 0 unspecified atom stereocenters. The molecule has 3 rings (SSSR count). The maximum Gasteiger partial charge on any atom is 0.207 e. The summed E-state index contributed by atoms with van der Waals surface area (Å²) in [5.74, 6) is 0.824. The van der Waals surface area contributed by atoms with Crippen molar-refractivity contribution in [2.45, 2.75) is 32.8 Å². The third kappa shape index (κ3) is 3.74. The Labute approximate surface area is 134 Å². The summed E-state index contributed by atoms with van der Waals surface area (Å²) in [5, 5.41) is 9.28. The lowest BCUT2D eigenvalue weighted by molar-refractivity contribution is 0.104. The van der Waals surface area contributed by atoms with E-state index in [9.17, 15) is 4.79 Å². The summed E-state index contributed by atoms with van der Waals surface area (Å²) in [5.41, 5.74) is 4.69. The van der Waals surface area contributed by atoms with Gasteiger partial charge in [-0.2, -0.15) is 0 Å². The largest absolute Gasteiger partial charge is 0.488 e. The fourth-order valence-corrected chi connectivity index (χ4v) is 3.21. The summed E-state index contributed by atoms with van der Waals surface area (Å²) in [6.45, 7) is 2.67. The number of benzene rings is 1. The zero-order valence-corrected chi connectivity index (χ0v) is 13.7. The minimum atomic E-state index is 0.107. The zero-order valence-electron chi connectivity index (χ0n) is 12.9. The highest BCUT2D eigenvalue weighted by molar-refractivity contribution is 7.12. The van der Waals surface area contributed by atoms with E-state index in [1.807, 2.05) is 23.6 Å². The van der Waals surface area contributed by atoms with Gasteiger partial charge in [0.05, 0.1) is 10.4 Å². The van der Waals surface area contributed by atoms with Crippen molar-refractivity contribution in [3.8, 4) is 5.75 Å². The van der Waals surface area contributed by atoms with Crippen LogP contribution in [0.5, 0.6) is 5.75 Å². The van der Waals surface area contributed by atoms with E-state index in [0.29, 0.717) is 12.4 Å². The summed E-state index contributed by atoms with van der Waals surface area (Å²) in [4.78, 5) is 13.4. The Balaban J connectivity index is 0.000000545. The summed E-state index contributed by atoms with van der Waals surface area (Å²) < 4.78 is 5.75. The number of ketones is 1. The molecule has 1 aromatic carbocycles. The lowest BCUT2D eigenvalue weighted by Gasteiger charge is -2.08. The van der Waals surface area contributed by atoms with E-state index < -0.39 is 0 Å². The number of unbranched alkanes of at least 4 members (excludes halogenated alkanes) is 1. The molecule has 22 heavy (non-hydrogen) atoms. The van der Waals surface area contributed by atoms with Crippen molar-refractivity contribution in [1.82, 2.24) is 5.48 Å². The second kappa shape index (κ2) is 8.08. The van der Waals surface area contributed by atoms with Crippen molar-refractivity contribution in [2.24, 2.45) is 0 Å². The van der Waals surface area contributed by atoms with Gasteiger partial charge in [0.25, 0.3) is 0 Å². The topological polar surface area (TPSA) is 58.6 Å². The van der Waals surface area contributed by atoms with Gasteiger partial charge in [-0.25, -0.2) is 5.48 Å². The molecule has 2 N–H and O–H groups in total. The van der Waals surface area contributed by atoms with Gasteiger partial charge in [-0.15, -0.1) is 11.3 Å². The molecule has 0 spiro atoms. The molecule has 2 aromatic rings. The molecule has 0 fully saturated rings. The molecule has 0 atom stereocenters. The smallest absolute Gasteiger partial charge is 0.207 e. The first-order chi connectivity index (χ1) is 10.7. The molecule has 5 heteroatoms. The summed E-state index contributed by atoms with van der Waals surface area (Å²) >= 11 is 1.50. The van der Waals surface area contributed by atoms with Gasteiger partial charge in [0.1, 0.15) is 12.4 Å². The van der Waals surface area contributed by atoms with Gasteiger partial charge in [-0.3, -0.25) is 4.79 Å². The minimum Gasteiger partial charge on any atom is -0.488 e. The molecule has 4 nitrogen and oxygen atoms in total. The highest BCUT2D eigenvalue weighted by atomic mass is 32.1. The normalized spacial score (nSPS) is 12.4. The highest BCUT2D eigenvalue weighted by Gasteiger charge is 2.23. The molecule has 0 saturated carbocycles. The zero-order chi connectivity index (χ0) is 15.9. The number of ether oxygens (including phenoxy) is 1. The molecule has 1 aliphatic rings. The highest BCUT2D eigenvalue weighted by Crippen LogP contribution is 2.32. The van der Waals surface area contributed by atoms with E-state index in [-0.39, 0.29) is 5.78 Å². The molecular weight excluding hydrogens is 298 g/mol. The monoisotopic (exact) mass is 319 g/mol. The molecule has 0 saturated heterocycles. The lowest BCUT2D eigenvalue weighted by Crippen LogP contribution is -2.00. The summed E-state index contributed by atoms with van der Waals surface area (Å²) in [6, 6.07) is 7.99. The van der Waals surface area contributed by atoms with E-state index >= 15 is 0 Å². The quantitative estimate of drug-likeness (QED) is 0.845. The number of aryl methyl sites for hydroxylation is 1. The van der Waals surface area contributed by atoms with Gasteiger partial charge in [0.2, 0.25) is 5.78 Å². The van der Waals surface area contributed by atoms with Crippen LogP contribution in [0.25, 0.3) is 0 Å². The molecule has 0 radical (unpaired) electrons. The van der Waals surface area contributed by atoms with Crippen LogP contribution >= 0.6 is 11.3 Å². The first kappa shape index (κ1) is 16.7. The fraction of sp³-hybridized carbons (Fsp3) is 0.353. The molecule has 1 aromatic heterocycles. The van der Waals surface area contributed by atoms with Crippen molar-refractivity contribution in [2.75, 3.05) is 7.05 Å². The van der Waals surface area contributed by atoms with E-state index in [4.69, 9.17) is 9.94 Å². The first-order valence-electron chi connectivity index (χ1n) is 7.38. The van der Waals surface area contributed by atoms with Crippen LogP contribution in [-0.2, 0) is 13.0 Å². The van der Waals surface area contributed by atoms with E-state index in [0.717, 1.165) is 35.3 Å². The number of thiophene rings is 1. The molecule has 2 heterocycles. The number of hydrogen-bond acceptors (Lipinski definition) is 5. The van der Waals surface area contributed by atoms with Crippen LogP contribution < -0.4 is 10.2 Å². The summed E-state index contributed by atoms with van der Waals surface area (Å²) in [6.07, 6.45) is 3.34. The Bertz CT molecular complexity index is 637. The standard InChI is InChI=1S/C16H16O2S.CH5NO/c1-2-3-4-11-5-6-14-13(9-11)15(17)16-12(10-18-14)7-8-19-16;1-2-3/h5-9H,2-4,10H2,1H3;2-3H,1H3. The van der Waals surface area contributed by atoms with Gasteiger partial charge in [0.15, 0.2) is 0 Å². The maximum absolute atomic E-state index is 12.5. The van der Waals surface area contributed by atoms with Crippen LogP contribution in [0.2, 0.25) is 0 Å². The number of carbonyl (C=O) groups is 1. The van der Waals surface area contributed by atoms with Gasteiger partial charge < -0.3 is 9.94 Å². The molecule has 0 aliphatic carbocycles. The van der Waals surface area contributed by atoms with Crippen molar-refractivity contribution in [1.29, 1.82) is 0 Å². The van der Waals surface area contributed by atoms with Crippen LogP contribution in [0, 0.1) is 0 Å². The number of nitrogens with one attached hydrogen (secondary N) is 1. The van der Waals surface area contributed by atoms with Crippen LogP contribution in [0.3, 0.4) is 0 Å². The number of carbonyl (C=O) groups excluding carboxylic acids is 1. The van der Waals surface area contributed by atoms with Crippen LogP contribution in [0.4, 0.5) is 0 Å². The third-order valence-electron chi connectivity index (χ3n) is 3.44. The van der Waals surface area contributed by atoms with Crippen molar-refractivity contribution >= 4 is 17.1 Å². The predicted molar refractivity (Wildman–Crippen MR) is 88.0 cm³/mol. The van der Waals surface area contributed by atoms with E-state index in [1.165, 1.54) is 23.9 Å². The first-order valence-corrected chi connectivity index (χ1v) is 8.26. The number of hydroxylamine groups is 1. The lowest BCUT2D eigenvalue weighted by atomic mass is 10.0. The predicted octanol–water partition coefficient (Wildman–Crippen LogP) is 3.81. The Kier molecular flexibility index (Phi) is 6.12. The number of fused-ring (bicyclic) bond motifs is 2. The second-order valence-corrected chi connectivity index (χ2v) is 5.97. The van der Waals surface area contributed by atoms with Crippen molar-refractivity contribution < 1.29 is 14.7 Å². The fourth-order valence-electron chi connectivity index (χ4n) is 2.34. The molecule has 118 valence electrons. The Morgan fingerprint density at radius 3 is 2.86 bits per heavy atom. The Hall–Kier alpha value is -1.69. The van der Waals surface area contributed by atoms with Crippen LogP contribution in [0.15, 0.2) is 29.6 Å². The van der Waals surface area contributed by atoms with Crippen molar-refractivity contribution in [3.63, 3.8) is 0 Å². The third-order valence-corrected chi connectivity index (χ3v) is 4.40. The average Bonchev–Trinajstić information content (AvgIpc) is 2.95. The Morgan fingerprint density at radius 2 is 2.14 bits per heavy atom. The average molecular weight is 319 g/mol. The van der Waals surface area contributed by atoms with E-state index in [1.54, 1.807) is 5.48 Å². The molecule has 0 bridgehead atoms. The SMILES string of the molecule is CCCCc1ccc2c(c1)C(=O)c1sccc1CO2.CNO. The summed E-state index contributed by atoms with van der Waals surface area (Å²) in [7, 11) is 1.43. The maximum atomic E-state index is 12.5. The van der Waals surface area contributed by atoms with Gasteiger partial charge in [-0.05, 0) is 42.0 Å². The number of rotatable bonds is 3. The molecule has 1 aliphatic heterocycles. The van der Waals surface area contributed by atoms with Crippen molar-refractivity contribution in [3.05, 3.63) is 51.2 Å². The van der Waals surface area contributed by atoms with Crippen LogP contribution in [-0.4, -0.2) is 18.0 Å². The van der Waals surface area contributed by atoms with Gasteiger partial charge in [-0.1, -0.05) is 19.4 Å².